The van der Waals surface area contributed by atoms with Crippen LogP contribution in [0.15, 0.2) is 57.9 Å². The zero-order chi connectivity index (χ0) is 23.1. The SMILES string of the molecule is CNCc1cc(C)nc(Sc2nc3ccc(N4C(=O)c5ccccc5C4=O)cc3s2)c1C#N. The van der Waals surface area contributed by atoms with Gasteiger partial charge >= 0.3 is 0 Å². The molecule has 0 unspecified atom stereocenters. The molecule has 1 aliphatic heterocycles. The zero-order valence-electron chi connectivity index (χ0n) is 17.7. The smallest absolute Gasteiger partial charge is 0.266 e. The van der Waals surface area contributed by atoms with E-state index in [1.165, 1.54) is 28.0 Å². The van der Waals surface area contributed by atoms with Crippen molar-refractivity contribution in [2.75, 3.05) is 11.9 Å². The summed E-state index contributed by atoms with van der Waals surface area (Å²) in [6.07, 6.45) is 0. The maximum absolute atomic E-state index is 12.8. The van der Waals surface area contributed by atoms with Crippen LogP contribution in [0.5, 0.6) is 0 Å². The minimum Gasteiger partial charge on any atom is -0.316 e. The second kappa shape index (κ2) is 8.41. The van der Waals surface area contributed by atoms with Crippen molar-refractivity contribution in [3.8, 4) is 6.07 Å². The van der Waals surface area contributed by atoms with Crippen molar-refractivity contribution in [1.29, 1.82) is 5.26 Å². The van der Waals surface area contributed by atoms with Crippen LogP contribution in [-0.4, -0.2) is 28.8 Å². The molecule has 3 heterocycles. The first-order valence-electron chi connectivity index (χ1n) is 10.1. The zero-order valence-corrected chi connectivity index (χ0v) is 19.4. The summed E-state index contributed by atoms with van der Waals surface area (Å²) in [6, 6.07) is 16.3. The summed E-state index contributed by atoms with van der Waals surface area (Å²) >= 11 is 2.78. The molecule has 0 spiro atoms. The Balaban J connectivity index is 1.49. The van der Waals surface area contributed by atoms with Gasteiger partial charge in [0.1, 0.15) is 11.1 Å². The Morgan fingerprint density at radius 1 is 1.09 bits per heavy atom. The average Bonchev–Trinajstić information content (AvgIpc) is 3.31. The Labute approximate surface area is 198 Å². The van der Waals surface area contributed by atoms with Gasteiger partial charge < -0.3 is 5.32 Å². The van der Waals surface area contributed by atoms with Gasteiger partial charge in [-0.25, -0.2) is 14.9 Å². The highest BCUT2D eigenvalue weighted by molar-refractivity contribution is 8.01. The molecule has 4 aromatic rings. The number of aryl methyl sites for hydroxylation is 1. The molecule has 0 atom stereocenters. The summed E-state index contributed by atoms with van der Waals surface area (Å²) in [6.45, 7) is 2.47. The first-order valence-corrected chi connectivity index (χ1v) is 11.7. The highest BCUT2D eigenvalue weighted by atomic mass is 32.2. The molecule has 7 nitrogen and oxygen atoms in total. The number of fused-ring (bicyclic) bond motifs is 2. The van der Waals surface area contributed by atoms with Crippen LogP contribution < -0.4 is 10.2 Å². The van der Waals surface area contributed by atoms with Crippen LogP contribution in [0.1, 0.15) is 37.5 Å². The number of imide groups is 1. The van der Waals surface area contributed by atoms with Crippen molar-refractivity contribution < 1.29 is 9.59 Å². The molecule has 1 N–H and O–H groups in total. The van der Waals surface area contributed by atoms with Crippen LogP contribution in [-0.2, 0) is 6.54 Å². The maximum Gasteiger partial charge on any atom is 0.266 e. The number of carbonyl (C=O) groups is 2. The van der Waals surface area contributed by atoms with Gasteiger partial charge in [0.25, 0.3) is 11.8 Å². The van der Waals surface area contributed by atoms with Crippen molar-refractivity contribution in [2.45, 2.75) is 22.8 Å². The Hall–Kier alpha value is -3.58. The standard InChI is InChI=1S/C24H17N5O2S2/c1-13-9-14(12-26-2)18(11-25)21(27-13)33-24-28-19-8-7-15(10-20(19)32-24)29-22(30)16-5-3-4-6-17(16)23(29)31/h3-10,26H,12H2,1-2H3. The molecule has 5 rings (SSSR count). The number of amides is 2. The highest BCUT2D eigenvalue weighted by Gasteiger charge is 2.36. The summed E-state index contributed by atoms with van der Waals surface area (Å²) in [5.74, 6) is -0.650. The average molecular weight is 472 g/mol. The summed E-state index contributed by atoms with van der Waals surface area (Å²) in [5.41, 5.74) is 4.34. The van der Waals surface area contributed by atoms with Gasteiger partial charge in [0.05, 0.1) is 32.6 Å². The predicted molar refractivity (Wildman–Crippen MR) is 128 cm³/mol. The molecule has 33 heavy (non-hydrogen) atoms. The van der Waals surface area contributed by atoms with Crippen molar-refractivity contribution in [2.24, 2.45) is 0 Å². The topological polar surface area (TPSA) is 99.0 Å². The Morgan fingerprint density at radius 3 is 2.48 bits per heavy atom. The summed E-state index contributed by atoms with van der Waals surface area (Å²) < 4.78 is 1.57. The highest BCUT2D eigenvalue weighted by Crippen LogP contribution is 2.38. The quantitative estimate of drug-likeness (QED) is 0.427. The summed E-state index contributed by atoms with van der Waals surface area (Å²) in [7, 11) is 1.84. The van der Waals surface area contributed by atoms with Gasteiger partial charge in [-0.05, 0) is 67.7 Å². The largest absolute Gasteiger partial charge is 0.316 e. The lowest BCUT2D eigenvalue weighted by atomic mass is 10.1. The number of benzene rings is 2. The molecule has 0 radical (unpaired) electrons. The number of pyridine rings is 1. The Morgan fingerprint density at radius 2 is 1.82 bits per heavy atom. The molecular weight excluding hydrogens is 454 g/mol. The maximum atomic E-state index is 12.8. The van der Waals surface area contributed by atoms with Crippen LogP contribution in [0, 0.1) is 18.3 Å². The Bertz CT molecular complexity index is 1450. The first-order chi connectivity index (χ1) is 16.0. The molecule has 0 bridgehead atoms. The van der Waals surface area contributed by atoms with Gasteiger partial charge in [-0.15, -0.1) is 11.3 Å². The van der Waals surface area contributed by atoms with Gasteiger partial charge in [-0.1, -0.05) is 12.1 Å². The number of carbonyl (C=O) groups excluding carboxylic acids is 2. The normalized spacial score (nSPS) is 12.9. The van der Waals surface area contributed by atoms with Crippen molar-refractivity contribution in [1.82, 2.24) is 15.3 Å². The number of aromatic nitrogens is 2. The van der Waals surface area contributed by atoms with Gasteiger partial charge in [0.2, 0.25) is 0 Å². The fraction of sp³-hybridized carbons (Fsp3) is 0.125. The number of anilines is 1. The van der Waals surface area contributed by atoms with Gasteiger partial charge in [0, 0.05) is 12.2 Å². The lowest BCUT2D eigenvalue weighted by Gasteiger charge is -2.13. The summed E-state index contributed by atoms with van der Waals surface area (Å²) in [4.78, 5) is 36.1. The van der Waals surface area contributed by atoms with Gasteiger partial charge in [0.15, 0.2) is 4.34 Å². The molecule has 2 amide bonds. The number of rotatable bonds is 5. The molecule has 2 aromatic carbocycles. The van der Waals surface area contributed by atoms with E-state index in [-0.39, 0.29) is 11.8 Å². The second-order valence-corrected chi connectivity index (χ2v) is 9.74. The number of hydrogen-bond acceptors (Lipinski definition) is 8. The fourth-order valence-electron chi connectivity index (χ4n) is 3.81. The van der Waals surface area contributed by atoms with E-state index in [0.717, 1.165) is 25.8 Å². The Kier molecular flexibility index (Phi) is 5.42. The third-order valence-electron chi connectivity index (χ3n) is 5.26. The van der Waals surface area contributed by atoms with E-state index in [4.69, 9.17) is 0 Å². The molecule has 2 aromatic heterocycles. The van der Waals surface area contributed by atoms with Crippen LogP contribution in [0.4, 0.5) is 5.69 Å². The van der Waals surface area contributed by atoms with Crippen molar-refractivity contribution in [3.05, 3.63) is 76.5 Å². The molecule has 0 fully saturated rings. The van der Waals surface area contributed by atoms with Crippen LogP contribution >= 0.6 is 23.1 Å². The van der Waals surface area contributed by atoms with Crippen molar-refractivity contribution in [3.63, 3.8) is 0 Å². The van der Waals surface area contributed by atoms with Crippen LogP contribution in [0.2, 0.25) is 0 Å². The van der Waals surface area contributed by atoms with Crippen LogP contribution in [0.3, 0.4) is 0 Å². The molecular formula is C24H17N5O2S2. The van der Waals surface area contributed by atoms with Gasteiger partial charge in [-0.2, -0.15) is 5.26 Å². The summed E-state index contributed by atoms with van der Waals surface area (Å²) in [5, 5.41) is 13.4. The minimum absolute atomic E-state index is 0.325. The molecule has 162 valence electrons. The number of nitrogens with zero attached hydrogens (tertiary/aromatic N) is 4. The van der Waals surface area contributed by atoms with E-state index < -0.39 is 0 Å². The monoisotopic (exact) mass is 471 g/mol. The molecule has 0 aliphatic carbocycles. The lowest BCUT2D eigenvalue weighted by molar-refractivity contribution is 0.0926. The molecule has 0 saturated heterocycles. The lowest BCUT2D eigenvalue weighted by Crippen LogP contribution is -2.29. The van der Waals surface area contributed by atoms with E-state index in [2.05, 4.69) is 21.4 Å². The van der Waals surface area contributed by atoms with E-state index >= 15 is 0 Å². The number of nitriles is 1. The van der Waals surface area contributed by atoms with E-state index in [1.54, 1.807) is 42.5 Å². The van der Waals surface area contributed by atoms with Crippen LogP contribution in [0.25, 0.3) is 10.2 Å². The van der Waals surface area contributed by atoms with E-state index in [0.29, 0.717) is 33.9 Å². The predicted octanol–water partition coefficient (Wildman–Crippen LogP) is 4.54. The van der Waals surface area contributed by atoms with Gasteiger partial charge in [-0.3, -0.25) is 9.59 Å². The third-order valence-corrected chi connectivity index (χ3v) is 7.33. The first kappa shape index (κ1) is 21.3. The van der Waals surface area contributed by atoms with E-state index in [1.807, 2.05) is 20.0 Å². The number of hydrogen-bond donors (Lipinski definition) is 1. The molecule has 0 saturated carbocycles. The van der Waals surface area contributed by atoms with E-state index in [9.17, 15) is 14.9 Å². The number of thiazole rings is 1. The fourth-order valence-corrected chi connectivity index (χ4v) is 6.00. The van der Waals surface area contributed by atoms with Crippen molar-refractivity contribution >= 4 is 50.8 Å². The third kappa shape index (κ3) is 3.68. The molecule has 9 heteroatoms. The molecule has 1 aliphatic rings. The minimum atomic E-state index is -0.325. The number of nitrogens with one attached hydrogen (secondary N) is 1. The second-order valence-electron chi connectivity index (χ2n) is 7.47.